The predicted molar refractivity (Wildman–Crippen MR) is 95.5 cm³/mol. The average Bonchev–Trinajstić information content (AvgIpc) is 2.48. The molecule has 0 aliphatic carbocycles. The molecule has 2 heterocycles. The largest absolute Gasteiger partial charge is 0.368 e. The Morgan fingerprint density at radius 3 is 2.19 bits per heavy atom. The van der Waals surface area contributed by atoms with Crippen LogP contribution in [0.5, 0.6) is 0 Å². The second-order valence-corrected chi connectivity index (χ2v) is 7.12. The van der Waals surface area contributed by atoms with Gasteiger partial charge in [0.15, 0.2) is 0 Å². The fourth-order valence-corrected chi connectivity index (χ4v) is 3.83. The lowest BCUT2D eigenvalue weighted by molar-refractivity contribution is 0.646. The van der Waals surface area contributed by atoms with Crippen molar-refractivity contribution in [1.82, 2.24) is 4.98 Å². The molecular formula is C15H14Br2ClN3. The normalized spacial score (nSPS) is 15.4. The predicted octanol–water partition coefficient (Wildman–Crippen LogP) is 4.59. The molecule has 6 heteroatoms. The minimum absolute atomic E-state index is 0.778. The van der Waals surface area contributed by atoms with Crippen LogP contribution < -0.4 is 9.80 Å². The van der Waals surface area contributed by atoms with Gasteiger partial charge in [0, 0.05) is 47.6 Å². The van der Waals surface area contributed by atoms with E-state index in [0.717, 1.165) is 46.0 Å². The van der Waals surface area contributed by atoms with Gasteiger partial charge < -0.3 is 9.80 Å². The highest BCUT2D eigenvalue weighted by Gasteiger charge is 2.20. The second kappa shape index (κ2) is 6.55. The number of hydrogen-bond donors (Lipinski definition) is 0. The molecule has 3 nitrogen and oxygen atoms in total. The van der Waals surface area contributed by atoms with E-state index < -0.39 is 0 Å². The lowest BCUT2D eigenvalue weighted by Crippen LogP contribution is -2.47. The van der Waals surface area contributed by atoms with Crippen LogP contribution in [-0.2, 0) is 0 Å². The lowest BCUT2D eigenvalue weighted by atomic mass is 10.2. The number of aromatic nitrogens is 1. The maximum atomic E-state index is 5.94. The van der Waals surface area contributed by atoms with Crippen molar-refractivity contribution in [3.05, 3.63) is 50.5 Å². The molecule has 0 saturated carbocycles. The Labute approximate surface area is 146 Å². The summed E-state index contributed by atoms with van der Waals surface area (Å²) in [4.78, 5) is 9.19. The van der Waals surface area contributed by atoms with Crippen molar-refractivity contribution in [1.29, 1.82) is 0 Å². The molecule has 21 heavy (non-hydrogen) atoms. The highest BCUT2D eigenvalue weighted by molar-refractivity contribution is 9.11. The molecule has 3 rings (SSSR count). The van der Waals surface area contributed by atoms with Gasteiger partial charge >= 0.3 is 0 Å². The average molecular weight is 432 g/mol. The molecule has 0 atom stereocenters. The number of benzene rings is 1. The minimum atomic E-state index is 0.778. The highest BCUT2D eigenvalue weighted by atomic mass is 79.9. The summed E-state index contributed by atoms with van der Waals surface area (Å²) in [5.41, 5.74) is 1.22. The molecule has 1 aliphatic rings. The summed E-state index contributed by atoms with van der Waals surface area (Å²) in [6.45, 7) is 3.86. The van der Waals surface area contributed by atoms with E-state index in [1.807, 2.05) is 24.4 Å². The number of anilines is 2. The van der Waals surface area contributed by atoms with Gasteiger partial charge in [-0.1, -0.05) is 11.6 Å². The molecule has 0 amide bonds. The van der Waals surface area contributed by atoms with E-state index in [0.29, 0.717) is 0 Å². The topological polar surface area (TPSA) is 19.4 Å². The zero-order valence-electron chi connectivity index (χ0n) is 11.3. The standard InChI is InChI=1S/C15H14Br2ClN3/c16-11-9-14(17)15(19-10-11)21-7-5-20(6-8-21)13-3-1-12(18)2-4-13/h1-4,9-10H,5-8H2. The fraction of sp³-hybridized carbons (Fsp3) is 0.267. The van der Waals surface area contributed by atoms with E-state index in [-0.39, 0.29) is 0 Å². The Morgan fingerprint density at radius 1 is 0.952 bits per heavy atom. The maximum absolute atomic E-state index is 5.94. The number of rotatable bonds is 2. The van der Waals surface area contributed by atoms with Crippen LogP contribution in [0.25, 0.3) is 0 Å². The summed E-state index contributed by atoms with van der Waals surface area (Å²) < 4.78 is 2.01. The van der Waals surface area contributed by atoms with E-state index >= 15 is 0 Å². The Balaban J connectivity index is 1.68. The third-order valence-electron chi connectivity index (χ3n) is 3.56. The van der Waals surface area contributed by atoms with Crippen molar-refractivity contribution in [3.63, 3.8) is 0 Å². The first-order valence-electron chi connectivity index (χ1n) is 6.70. The van der Waals surface area contributed by atoms with Gasteiger partial charge in [-0.3, -0.25) is 0 Å². The highest BCUT2D eigenvalue weighted by Crippen LogP contribution is 2.28. The molecule has 1 aromatic carbocycles. The van der Waals surface area contributed by atoms with Crippen molar-refractivity contribution < 1.29 is 0 Å². The van der Waals surface area contributed by atoms with E-state index in [1.165, 1.54) is 5.69 Å². The number of hydrogen-bond acceptors (Lipinski definition) is 3. The first-order chi connectivity index (χ1) is 10.1. The zero-order chi connectivity index (χ0) is 14.8. The van der Waals surface area contributed by atoms with Crippen LogP contribution in [0, 0.1) is 0 Å². The minimum Gasteiger partial charge on any atom is -0.368 e. The van der Waals surface area contributed by atoms with Crippen molar-refractivity contribution >= 4 is 55.0 Å². The summed E-state index contributed by atoms with van der Waals surface area (Å²) in [7, 11) is 0. The van der Waals surface area contributed by atoms with Gasteiger partial charge in [-0.2, -0.15) is 0 Å². The van der Waals surface area contributed by atoms with Crippen LogP contribution in [0.3, 0.4) is 0 Å². The number of halogens is 3. The van der Waals surface area contributed by atoms with Crippen molar-refractivity contribution in [2.75, 3.05) is 36.0 Å². The van der Waals surface area contributed by atoms with Crippen LogP contribution in [0.15, 0.2) is 45.5 Å². The van der Waals surface area contributed by atoms with E-state index in [2.05, 4.69) is 58.8 Å². The molecule has 0 bridgehead atoms. The smallest absolute Gasteiger partial charge is 0.143 e. The summed E-state index contributed by atoms with van der Waals surface area (Å²) in [5, 5.41) is 0.778. The summed E-state index contributed by atoms with van der Waals surface area (Å²) in [6, 6.07) is 10.1. The first kappa shape index (κ1) is 15.1. The third kappa shape index (κ3) is 3.52. The van der Waals surface area contributed by atoms with Gasteiger partial charge in [-0.15, -0.1) is 0 Å². The molecule has 1 saturated heterocycles. The lowest BCUT2D eigenvalue weighted by Gasteiger charge is -2.37. The molecule has 0 spiro atoms. The fourth-order valence-electron chi connectivity index (χ4n) is 2.47. The van der Waals surface area contributed by atoms with Crippen LogP contribution >= 0.6 is 43.5 Å². The Hall–Kier alpha value is -0.780. The quantitative estimate of drug-likeness (QED) is 0.694. The molecule has 1 fully saturated rings. The number of nitrogens with zero attached hydrogens (tertiary/aromatic N) is 3. The SMILES string of the molecule is Clc1ccc(N2CCN(c3ncc(Br)cc3Br)CC2)cc1. The van der Waals surface area contributed by atoms with Gasteiger partial charge in [0.2, 0.25) is 0 Å². The molecule has 1 aliphatic heterocycles. The van der Waals surface area contributed by atoms with Crippen molar-refractivity contribution in [2.24, 2.45) is 0 Å². The zero-order valence-corrected chi connectivity index (χ0v) is 15.2. The molecule has 1 aromatic heterocycles. The van der Waals surface area contributed by atoms with Gasteiger partial charge in [0.05, 0.1) is 4.47 Å². The summed E-state index contributed by atoms with van der Waals surface area (Å²) in [6.07, 6.45) is 1.84. The number of pyridine rings is 1. The summed E-state index contributed by atoms with van der Waals surface area (Å²) in [5.74, 6) is 1.01. The molecule has 0 unspecified atom stereocenters. The molecule has 2 aromatic rings. The van der Waals surface area contributed by atoms with Crippen molar-refractivity contribution in [3.8, 4) is 0 Å². The first-order valence-corrected chi connectivity index (χ1v) is 8.66. The van der Waals surface area contributed by atoms with E-state index in [4.69, 9.17) is 11.6 Å². The second-order valence-electron chi connectivity index (χ2n) is 4.91. The Morgan fingerprint density at radius 2 is 1.57 bits per heavy atom. The monoisotopic (exact) mass is 429 g/mol. The van der Waals surface area contributed by atoms with Crippen LogP contribution in [0.4, 0.5) is 11.5 Å². The van der Waals surface area contributed by atoms with Gasteiger partial charge in [0.1, 0.15) is 5.82 Å². The van der Waals surface area contributed by atoms with Crippen LogP contribution in [0.1, 0.15) is 0 Å². The van der Waals surface area contributed by atoms with E-state index in [9.17, 15) is 0 Å². The molecule has 0 radical (unpaired) electrons. The van der Waals surface area contributed by atoms with E-state index in [1.54, 1.807) is 0 Å². The van der Waals surface area contributed by atoms with Crippen LogP contribution in [0.2, 0.25) is 5.02 Å². The molecular weight excluding hydrogens is 417 g/mol. The van der Waals surface area contributed by atoms with Crippen molar-refractivity contribution in [2.45, 2.75) is 0 Å². The Bertz CT molecular complexity index is 625. The Kier molecular flexibility index (Phi) is 4.72. The molecule has 110 valence electrons. The van der Waals surface area contributed by atoms with Gasteiger partial charge in [-0.25, -0.2) is 4.98 Å². The van der Waals surface area contributed by atoms with Crippen LogP contribution in [-0.4, -0.2) is 31.2 Å². The third-order valence-corrected chi connectivity index (χ3v) is 4.83. The molecule has 0 N–H and O–H groups in total. The number of piperazine rings is 1. The van der Waals surface area contributed by atoms with Gasteiger partial charge in [-0.05, 0) is 62.2 Å². The maximum Gasteiger partial charge on any atom is 0.143 e. The van der Waals surface area contributed by atoms with Gasteiger partial charge in [0.25, 0.3) is 0 Å². The summed E-state index contributed by atoms with van der Waals surface area (Å²) >= 11 is 13.0.